The van der Waals surface area contributed by atoms with Crippen molar-refractivity contribution in [1.29, 1.82) is 0 Å². The van der Waals surface area contributed by atoms with Gasteiger partial charge in [0.1, 0.15) is 23.4 Å². The molecule has 4 unspecified atom stereocenters. The molecule has 0 radical (unpaired) electrons. The summed E-state index contributed by atoms with van der Waals surface area (Å²) in [5.74, 6) is -1.73. The molecular formula is C26H38O7. The van der Waals surface area contributed by atoms with Crippen LogP contribution in [0.15, 0.2) is 23.3 Å². The second kappa shape index (κ2) is 9.24. The van der Waals surface area contributed by atoms with Crippen LogP contribution in [-0.2, 0) is 33.3 Å². The second-order valence-corrected chi connectivity index (χ2v) is 10.6. The molecule has 3 rings (SSSR count). The zero-order chi connectivity index (χ0) is 24.7. The van der Waals surface area contributed by atoms with Gasteiger partial charge in [-0.2, -0.15) is 0 Å². The van der Waals surface area contributed by atoms with Crippen molar-refractivity contribution in [2.45, 2.75) is 104 Å². The molecule has 0 N–H and O–H groups in total. The maximum atomic E-state index is 12.2. The Hall–Kier alpha value is -2.15. The number of carbonyl (C=O) groups is 3. The first kappa shape index (κ1) is 25.5. The number of ether oxygens (including phenoxy) is 4. The molecule has 184 valence electrons. The van der Waals surface area contributed by atoms with Gasteiger partial charge in [-0.1, -0.05) is 17.2 Å². The van der Waals surface area contributed by atoms with Gasteiger partial charge in [-0.15, -0.1) is 0 Å². The Kier molecular flexibility index (Phi) is 7.13. The highest BCUT2D eigenvalue weighted by molar-refractivity contribution is 5.67. The minimum absolute atomic E-state index is 0.0120. The van der Waals surface area contributed by atoms with E-state index in [1.807, 2.05) is 33.8 Å². The summed E-state index contributed by atoms with van der Waals surface area (Å²) in [6.07, 6.45) is 5.15. The fraction of sp³-hybridized carbons (Fsp3) is 0.731. The van der Waals surface area contributed by atoms with Crippen molar-refractivity contribution < 1.29 is 33.3 Å². The van der Waals surface area contributed by atoms with Crippen molar-refractivity contribution in [1.82, 2.24) is 0 Å². The Balaban J connectivity index is 2.20. The minimum atomic E-state index is -0.950. The molecule has 7 heteroatoms. The van der Waals surface area contributed by atoms with Gasteiger partial charge < -0.3 is 18.9 Å². The van der Waals surface area contributed by atoms with Crippen molar-refractivity contribution in [3.05, 3.63) is 23.3 Å². The quantitative estimate of drug-likeness (QED) is 0.350. The van der Waals surface area contributed by atoms with Crippen LogP contribution in [0.1, 0.15) is 74.7 Å². The van der Waals surface area contributed by atoms with E-state index in [0.29, 0.717) is 6.42 Å². The highest BCUT2D eigenvalue weighted by atomic mass is 16.6. The summed E-state index contributed by atoms with van der Waals surface area (Å²) in [6.45, 7) is 13.9. The predicted octanol–water partition coefficient (Wildman–Crippen LogP) is 4.29. The molecule has 1 aliphatic carbocycles. The molecule has 7 nitrogen and oxygen atoms in total. The molecule has 33 heavy (non-hydrogen) atoms. The maximum Gasteiger partial charge on any atom is 0.303 e. The van der Waals surface area contributed by atoms with E-state index in [1.54, 1.807) is 0 Å². The highest BCUT2D eigenvalue weighted by Gasteiger charge is 2.62. The number of esters is 3. The Morgan fingerprint density at radius 3 is 2.33 bits per heavy atom. The lowest BCUT2D eigenvalue weighted by molar-refractivity contribution is -0.191. The van der Waals surface area contributed by atoms with Crippen LogP contribution in [-0.4, -0.2) is 47.4 Å². The summed E-state index contributed by atoms with van der Waals surface area (Å²) in [7, 11) is 0. The van der Waals surface area contributed by atoms with E-state index >= 15 is 0 Å². The number of allylic oxidation sites excluding steroid dienone is 1. The molecule has 2 heterocycles. The lowest BCUT2D eigenvalue weighted by atomic mass is 9.60. The van der Waals surface area contributed by atoms with E-state index < -0.39 is 35.3 Å². The second-order valence-electron chi connectivity index (χ2n) is 10.6. The van der Waals surface area contributed by atoms with Crippen LogP contribution in [0.25, 0.3) is 0 Å². The molecule has 0 amide bonds. The Morgan fingerprint density at radius 1 is 1.09 bits per heavy atom. The average Bonchev–Trinajstić information content (AvgIpc) is 3.00. The summed E-state index contributed by atoms with van der Waals surface area (Å²) in [5, 5.41) is 0. The van der Waals surface area contributed by atoms with Gasteiger partial charge in [0, 0.05) is 38.5 Å². The molecule has 0 spiro atoms. The molecule has 0 aromatic rings. The van der Waals surface area contributed by atoms with Gasteiger partial charge in [0.15, 0.2) is 0 Å². The molecule has 0 aromatic carbocycles. The molecule has 3 aliphatic rings. The largest absolute Gasteiger partial charge is 0.459 e. The monoisotopic (exact) mass is 462 g/mol. The van der Waals surface area contributed by atoms with Crippen molar-refractivity contribution in [3.8, 4) is 0 Å². The molecule has 0 aromatic heterocycles. The van der Waals surface area contributed by atoms with Gasteiger partial charge in [-0.05, 0) is 60.0 Å². The summed E-state index contributed by atoms with van der Waals surface area (Å²) >= 11 is 0. The molecule has 1 fully saturated rings. The first-order chi connectivity index (χ1) is 15.2. The fourth-order valence-corrected chi connectivity index (χ4v) is 6.41. The fourth-order valence-electron chi connectivity index (χ4n) is 6.41. The van der Waals surface area contributed by atoms with Crippen molar-refractivity contribution in [2.24, 2.45) is 17.8 Å². The standard InChI is InChI=1S/C26H38O7/c1-14-10-9-11-26(8,33-18(5)29)24-22-21(19(12-14)31-24)15(2)13-20(30-16(3)27)23(22)25(6,7)32-17(4)28/h10,13,19-24H,9,11-12H2,1-8H3/b14-10+/t19-,20-,21?,22?,23?,24-,26?/m1/s1. The first-order valence-corrected chi connectivity index (χ1v) is 11.8. The van der Waals surface area contributed by atoms with E-state index in [0.717, 1.165) is 18.4 Å². The third kappa shape index (κ3) is 5.18. The van der Waals surface area contributed by atoms with E-state index in [4.69, 9.17) is 18.9 Å². The van der Waals surface area contributed by atoms with Gasteiger partial charge >= 0.3 is 17.9 Å². The number of carbonyl (C=O) groups excluding carboxylic acids is 3. The van der Waals surface area contributed by atoms with Crippen molar-refractivity contribution in [2.75, 3.05) is 0 Å². The topological polar surface area (TPSA) is 88.1 Å². The van der Waals surface area contributed by atoms with Gasteiger partial charge in [0.2, 0.25) is 0 Å². The summed E-state index contributed by atoms with van der Waals surface area (Å²) in [6, 6.07) is 0. The van der Waals surface area contributed by atoms with Gasteiger partial charge in [0.05, 0.1) is 6.10 Å². The zero-order valence-electron chi connectivity index (χ0n) is 21.1. The van der Waals surface area contributed by atoms with Gasteiger partial charge in [-0.3, -0.25) is 14.4 Å². The molecule has 1 saturated heterocycles. The first-order valence-electron chi connectivity index (χ1n) is 11.8. The van der Waals surface area contributed by atoms with Crippen molar-refractivity contribution >= 4 is 17.9 Å². The summed E-state index contributed by atoms with van der Waals surface area (Å²) < 4.78 is 24.3. The average molecular weight is 463 g/mol. The number of hydrogen-bond acceptors (Lipinski definition) is 7. The smallest absolute Gasteiger partial charge is 0.303 e. The van der Waals surface area contributed by atoms with Crippen LogP contribution in [0.2, 0.25) is 0 Å². The minimum Gasteiger partial charge on any atom is -0.459 e. The van der Waals surface area contributed by atoms with Crippen molar-refractivity contribution in [3.63, 3.8) is 0 Å². The SMILES string of the molecule is CC(=O)O[C@@H]1C=C(C)C2C(C1C(C)(C)OC(C)=O)[C@H]1O[C@@H]2C/C(C)=C/CCC1(C)OC(C)=O. The number of rotatable bonds is 4. The molecule has 7 atom stereocenters. The van der Waals surface area contributed by atoms with Crippen LogP contribution in [0.4, 0.5) is 0 Å². The third-order valence-corrected chi connectivity index (χ3v) is 7.35. The Labute approximate surface area is 196 Å². The van der Waals surface area contributed by atoms with E-state index in [1.165, 1.54) is 26.3 Å². The van der Waals surface area contributed by atoms with E-state index in [2.05, 4.69) is 13.0 Å². The molecule has 2 aliphatic heterocycles. The van der Waals surface area contributed by atoms with E-state index in [-0.39, 0.29) is 29.8 Å². The maximum absolute atomic E-state index is 12.2. The van der Waals surface area contributed by atoms with Crippen LogP contribution in [0.3, 0.4) is 0 Å². The molecule has 2 bridgehead atoms. The summed E-state index contributed by atoms with van der Waals surface area (Å²) in [5.41, 5.74) is 0.479. The predicted molar refractivity (Wildman–Crippen MR) is 122 cm³/mol. The molecule has 0 saturated carbocycles. The zero-order valence-corrected chi connectivity index (χ0v) is 21.1. The molecular weight excluding hydrogens is 424 g/mol. The lowest BCUT2D eigenvalue weighted by Crippen LogP contribution is -2.57. The number of hydrogen-bond donors (Lipinski definition) is 0. The van der Waals surface area contributed by atoms with E-state index in [9.17, 15) is 14.4 Å². The highest BCUT2D eigenvalue weighted by Crippen LogP contribution is 2.55. The Morgan fingerprint density at radius 2 is 1.76 bits per heavy atom. The van der Waals surface area contributed by atoms with Crippen LogP contribution >= 0.6 is 0 Å². The third-order valence-electron chi connectivity index (χ3n) is 7.35. The van der Waals surface area contributed by atoms with Crippen LogP contribution < -0.4 is 0 Å². The lowest BCUT2D eigenvalue weighted by Gasteiger charge is -2.49. The van der Waals surface area contributed by atoms with Crippen LogP contribution in [0.5, 0.6) is 0 Å². The van der Waals surface area contributed by atoms with Crippen LogP contribution in [0, 0.1) is 17.8 Å². The van der Waals surface area contributed by atoms with Gasteiger partial charge in [0.25, 0.3) is 0 Å². The summed E-state index contributed by atoms with van der Waals surface area (Å²) in [4.78, 5) is 36.2. The number of fused-ring (bicyclic) bond motifs is 5. The normalized spacial score (nSPS) is 37.8. The Bertz CT molecular complexity index is 870. The van der Waals surface area contributed by atoms with Gasteiger partial charge in [-0.25, -0.2) is 0 Å².